The summed E-state index contributed by atoms with van der Waals surface area (Å²) in [6.45, 7) is 3.52. The minimum absolute atomic E-state index is 0.611. The van der Waals surface area contributed by atoms with Crippen LogP contribution in [0.2, 0.25) is 0 Å². The lowest BCUT2D eigenvalue weighted by Gasteiger charge is -2.09. The van der Waals surface area contributed by atoms with Gasteiger partial charge in [-0.05, 0) is 36.8 Å². The highest BCUT2D eigenvalue weighted by Gasteiger charge is 1.99. The number of nitrogens with one attached hydrogen (secondary N) is 2. The Bertz CT molecular complexity index is 481. The number of hydrogen-bond acceptors (Lipinski definition) is 4. The SMILES string of the molecule is CCNc1cccc(Nc2cccc(COC)c2)n1. The van der Waals surface area contributed by atoms with Crippen LogP contribution in [0.5, 0.6) is 0 Å². The fourth-order valence-electron chi connectivity index (χ4n) is 1.84. The van der Waals surface area contributed by atoms with Gasteiger partial charge in [-0.1, -0.05) is 18.2 Å². The minimum atomic E-state index is 0.611. The van der Waals surface area contributed by atoms with Crippen LogP contribution in [0.25, 0.3) is 0 Å². The summed E-state index contributed by atoms with van der Waals surface area (Å²) in [5.74, 6) is 1.70. The van der Waals surface area contributed by atoms with Crippen molar-refractivity contribution in [3.63, 3.8) is 0 Å². The predicted molar refractivity (Wildman–Crippen MR) is 78.8 cm³/mol. The summed E-state index contributed by atoms with van der Waals surface area (Å²) < 4.78 is 5.13. The van der Waals surface area contributed by atoms with E-state index in [0.717, 1.165) is 29.4 Å². The zero-order valence-corrected chi connectivity index (χ0v) is 11.3. The van der Waals surface area contributed by atoms with Crippen molar-refractivity contribution in [1.29, 1.82) is 0 Å². The fourth-order valence-corrected chi connectivity index (χ4v) is 1.84. The molecule has 19 heavy (non-hydrogen) atoms. The number of anilines is 3. The normalized spacial score (nSPS) is 10.2. The maximum atomic E-state index is 5.13. The Kier molecular flexibility index (Phi) is 4.75. The second-order valence-electron chi connectivity index (χ2n) is 4.20. The van der Waals surface area contributed by atoms with Gasteiger partial charge in [0.05, 0.1) is 6.61 Å². The molecule has 0 aliphatic carbocycles. The third kappa shape index (κ3) is 3.96. The predicted octanol–water partition coefficient (Wildman–Crippen LogP) is 3.40. The van der Waals surface area contributed by atoms with Crippen LogP contribution in [0.1, 0.15) is 12.5 Å². The van der Waals surface area contributed by atoms with Crippen LogP contribution in [0.15, 0.2) is 42.5 Å². The van der Waals surface area contributed by atoms with Gasteiger partial charge in [0.2, 0.25) is 0 Å². The Labute approximate surface area is 113 Å². The van der Waals surface area contributed by atoms with Gasteiger partial charge < -0.3 is 15.4 Å². The van der Waals surface area contributed by atoms with Crippen molar-refractivity contribution in [3.05, 3.63) is 48.0 Å². The number of methoxy groups -OCH3 is 1. The number of hydrogen-bond donors (Lipinski definition) is 2. The summed E-state index contributed by atoms with van der Waals surface area (Å²) in [5, 5.41) is 6.49. The average Bonchev–Trinajstić information content (AvgIpc) is 2.40. The lowest BCUT2D eigenvalue weighted by molar-refractivity contribution is 0.185. The van der Waals surface area contributed by atoms with Gasteiger partial charge in [-0.25, -0.2) is 4.98 Å². The first-order valence-electron chi connectivity index (χ1n) is 6.37. The van der Waals surface area contributed by atoms with Crippen LogP contribution >= 0.6 is 0 Å². The molecule has 4 heteroatoms. The molecular formula is C15H19N3O. The van der Waals surface area contributed by atoms with E-state index in [2.05, 4.69) is 28.6 Å². The Morgan fingerprint density at radius 2 is 1.89 bits per heavy atom. The first-order valence-corrected chi connectivity index (χ1v) is 6.37. The van der Waals surface area contributed by atoms with E-state index in [1.54, 1.807) is 7.11 Å². The van der Waals surface area contributed by atoms with E-state index >= 15 is 0 Å². The van der Waals surface area contributed by atoms with Crippen LogP contribution in [0.3, 0.4) is 0 Å². The van der Waals surface area contributed by atoms with Crippen LogP contribution in [0, 0.1) is 0 Å². The van der Waals surface area contributed by atoms with E-state index in [1.807, 2.05) is 36.4 Å². The summed E-state index contributed by atoms with van der Waals surface area (Å²) in [6, 6.07) is 14.0. The summed E-state index contributed by atoms with van der Waals surface area (Å²) in [7, 11) is 1.70. The van der Waals surface area contributed by atoms with E-state index in [0.29, 0.717) is 6.61 Å². The molecule has 0 aliphatic heterocycles. The molecule has 2 N–H and O–H groups in total. The Balaban J connectivity index is 2.11. The van der Waals surface area contributed by atoms with Gasteiger partial charge in [0.1, 0.15) is 11.6 Å². The monoisotopic (exact) mass is 257 g/mol. The highest BCUT2D eigenvalue weighted by molar-refractivity contribution is 5.58. The van der Waals surface area contributed by atoms with Crippen LogP contribution in [-0.2, 0) is 11.3 Å². The highest BCUT2D eigenvalue weighted by Crippen LogP contribution is 2.18. The van der Waals surface area contributed by atoms with E-state index in [4.69, 9.17) is 4.74 Å². The smallest absolute Gasteiger partial charge is 0.132 e. The molecule has 100 valence electrons. The number of benzene rings is 1. The van der Waals surface area contributed by atoms with E-state index in [9.17, 15) is 0 Å². The van der Waals surface area contributed by atoms with Crippen LogP contribution in [-0.4, -0.2) is 18.6 Å². The maximum absolute atomic E-state index is 5.13. The molecule has 0 radical (unpaired) electrons. The number of nitrogens with zero attached hydrogens (tertiary/aromatic N) is 1. The van der Waals surface area contributed by atoms with Crippen molar-refractivity contribution in [1.82, 2.24) is 4.98 Å². The standard InChI is InChI=1S/C15H19N3O/c1-3-16-14-8-5-9-15(18-14)17-13-7-4-6-12(10-13)11-19-2/h4-10H,3,11H2,1-2H3,(H2,16,17,18). The second kappa shape index (κ2) is 6.75. The third-order valence-electron chi connectivity index (χ3n) is 2.62. The number of ether oxygens (including phenoxy) is 1. The van der Waals surface area contributed by atoms with Crippen molar-refractivity contribution in [3.8, 4) is 0 Å². The quantitative estimate of drug-likeness (QED) is 0.832. The zero-order valence-electron chi connectivity index (χ0n) is 11.3. The van der Waals surface area contributed by atoms with Gasteiger partial charge in [0.25, 0.3) is 0 Å². The Morgan fingerprint density at radius 3 is 2.68 bits per heavy atom. The van der Waals surface area contributed by atoms with Gasteiger partial charge in [-0.15, -0.1) is 0 Å². The van der Waals surface area contributed by atoms with Gasteiger partial charge in [0, 0.05) is 19.3 Å². The first kappa shape index (κ1) is 13.4. The first-order chi connectivity index (χ1) is 9.31. The largest absolute Gasteiger partial charge is 0.380 e. The Hall–Kier alpha value is -2.07. The van der Waals surface area contributed by atoms with Crippen molar-refractivity contribution in [2.24, 2.45) is 0 Å². The molecule has 1 heterocycles. The molecule has 0 saturated carbocycles. The average molecular weight is 257 g/mol. The molecule has 0 bridgehead atoms. The van der Waals surface area contributed by atoms with Crippen molar-refractivity contribution >= 4 is 17.3 Å². The molecule has 4 nitrogen and oxygen atoms in total. The molecule has 0 fully saturated rings. The summed E-state index contributed by atoms with van der Waals surface area (Å²) >= 11 is 0. The maximum Gasteiger partial charge on any atom is 0.132 e. The van der Waals surface area contributed by atoms with Gasteiger partial charge in [0.15, 0.2) is 0 Å². The van der Waals surface area contributed by atoms with E-state index < -0.39 is 0 Å². The summed E-state index contributed by atoms with van der Waals surface area (Å²) in [4.78, 5) is 4.48. The van der Waals surface area contributed by atoms with E-state index in [1.165, 1.54) is 0 Å². The summed E-state index contributed by atoms with van der Waals surface area (Å²) in [6.07, 6.45) is 0. The zero-order chi connectivity index (χ0) is 13.5. The molecular weight excluding hydrogens is 238 g/mol. The summed E-state index contributed by atoms with van der Waals surface area (Å²) in [5.41, 5.74) is 2.14. The second-order valence-corrected chi connectivity index (χ2v) is 4.20. The minimum Gasteiger partial charge on any atom is -0.380 e. The van der Waals surface area contributed by atoms with Crippen molar-refractivity contribution in [2.75, 3.05) is 24.3 Å². The molecule has 2 rings (SSSR count). The molecule has 0 saturated heterocycles. The van der Waals surface area contributed by atoms with Gasteiger partial charge in [-0.2, -0.15) is 0 Å². The van der Waals surface area contributed by atoms with Gasteiger partial charge >= 0.3 is 0 Å². The molecule has 1 aromatic carbocycles. The number of aromatic nitrogens is 1. The molecule has 2 aromatic rings. The highest BCUT2D eigenvalue weighted by atomic mass is 16.5. The molecule has 0 spiro atoms. The molecule has 0 unspecified atom stereocenters. The fraction of sp³-hybridized carbons (Fsp3) is 0.267. The van der Waals surface area contributed by atoms with Crippen LogP contribution < -0.4 is 10.6 Å². The molecule has 0 atom stereocenters. The molecule has 0 amide bonds. The molecule has 1 aromatic heterocycles. The Morgan fingerprint density at radius 1 is 1.11 bits per heavy atom. The lowest BCUT2D eigenvalue weighted by atomic mass is 10.2. The number of rotatable bonds is 6. The van der Waals surface area contributed by atoms with E-state index in [-0.39, 0.29) is 0 Å². The lowest BCUT2D eigenvalue weighted by Crippen LogP contribution is -2.01. The molecule has 0 aliphatic rings. The van der Waals surface area contributed by atoms with Crippen LogP contribution in [0.4, 0.5) is 17.3 Å². The van der Waals surface area contributed by atoms with Crippen molar-refractivity contribution in [2.45, 2.75) is 13.5 Å². The van der Waals surface area contributed by atoms with Gasteiger partial charge in [-0.3, -0.25) is 0 Å². The number of pyridine rings is 1. The van der Waals surface area contributed by atoms with Crippen molar-refractivity contribution < 1.29 is 4.74 Å². The topological polar surface area (TPSA) is 46.2 Å². The third-order valence-corrected chi connectivity index (χ3v) is 2.62.